The zero-order chi connectivity index (χ0) is 13.0. The van der Waals surface area contributed by atoms with E-state index >= 15 is 0 Å². The van der Waals surface area contributed by atoms with Crippen LogP contribution >= 0.6 is 0 Å². The first-order chi connectivity index (χ1) is 8.72. The van der Waals surface area contributed by atoms with Crippen LogP contribution in [-0.2, 0) is 11.3 Å². The minimum atomic E-state index is 0.310. The fourth-order valence-corrected chi connectivity index (χ4v) is 2.47. The first-order valence-electron chi connectivity index (χ1n) is 6.30. The lowest BCUT2D eigenvalue weighted by atomic mass is 10.1. The van der Waals surface area contributed by atoms with Crippen molar-refractivity contribution in [3.05, 3.63) is 23.8 Å². The van der Waals surface area contributed by atoms with Gasteiger partial charge < -0.3 is 14.6 Å². The minimum absolute atomic E-state index is 0.310. The third-order valence-corrected chi connectivity index (χ3v) is 3.46. The van der Waals surface area contributed by atoms with Gasteiger partial charge in [0, 0.05) is 31.8 Å². The SMILES string of the molecule is COCC1CCN(Cc2ccc(OC)cc2O)C1. The molecule has 0 amide bonds. The number of likely N-dealkylation sites (tertiary alicyclic amines) is 1. The number of phenolic OH excluding ortho intramolecular Hbond substituents is 1. The molecule has 0 aromatic heterocycles. The zero-order valence-electron chi connectivity index (χ0n) is 11.1. The summed E-state index contributed by atoms with van der Waals surface area (Å²) in [6, 6.07) is 5.48. The standard InChI is InChI=1S/C14H21NO3/c1-17-10-11-5-6-15(8-11)9-12-3-4-13(18-2)7-14(12)16/h3-4,7,11,16H,5-6,8-10H2,1-2H3. The molecule has 0 spiro atoms. The maximum Gasteiger partial charge on any atom is 0.123 e. The van der Waals surface area contributed by atoms with Crippen molar-refractivity contribution >= 4 is 0 Å². The molecule has 1 aliphatic rings. The Morgan fingerprint density at radius 1 is 1.39 bits per heavy atom. The first kappa shape index (κ1) is 13.2. The Hall–Kier alpha value is -1.26. The highest BCUT2D eigenvalue weighted by atomic mass is 16.5. The van der Waals surface area contributed by atoms with Crippen molar-refractivity contribution < 1.29 is 14.6 Å². The van der Waals surface area contributed by atoms with Gasteiger partial charge in [-0.2, -0.15) is 0 Å². The molecule has 0 radical (unpaired) electrons. The molecule has 1 saturated heterocycles. The van der Waals surface area contributed by atoms with Crippen molar-refractivity contribution in [1.82, 2.24) is 4.90 Å². The molecular weight excluding hydrogens is 230 g/mol. The summed E-state index contributed by atoms with van der Waals surface area (Å²) in [7, 11) is 3.35. The van der Waals surface area contributed by atoms with Crippen LogP contribution in [0.5, 0.6) is 11.5 Å². The second kappa shape index (κ2) is 6.07. The molecule has 0 saturated carbocycles. The Kier molecular flexibility index (Phi) is 4.44. The van der Waals surface area contributed by atoms with E-state index in [0.717, 1.165) is 31.8 Å². The van der Waals surface area contributed by atoms with Crippen LogP contribution < -0.4 is 4.74 Å². The number of rotatable bonds is 5. The summed E-state index contributed by atoms with van der Waals surface area (Å²) in [5.74, 6) is 1.62. The summed E-state index contributed by atoms with van der Waals surface area (Å²) in [6.45, 7) is 3.72. The number of aromatic hydroxyl groups is 1. The fraction of sp³-hybridized carbons (Fsp3) is 0.571. The number of phenols is 1. The summed E-state index contributed by atoms with van der Waals surface area (Å²) < 4.78 is 10.3. The number of methoxy groups -OCH3 is 2. The zero-order valence-corrected chi connectivity index (χ0v) is 11.1. The second-order valence-corrected chi connectivity index (χ2v) is 4.84. The van der Waals surface area contributed by atoms with Gasteiger partial charge in [-0.25, -0.2) is 0 Å². The molecule has 100 valence electrons. The van der Waals surface area contributed by atoms with Gasteiger partial charge in [0.05, 0.1) is 13.7 Å². The predicted octanol–water partition coefficient (Wildman–Crippen LogP) is 1.87. The number of nitrogens with zero attached hydrogens (tertiary/aromatic N) is 1. The van der Waals surface area contributed by atoms with Gasteiger partial charge in [-0.3, -0.25) is 4.90 Å². The Bertz CT molecular complexity index is 395. The van der Waals surface area contributed by atoms with Crippen LogP contribution in [0.4, 0.5) is 0 Å². The van der Waals surface area contributed by atoms with Crippen LogP contribution in [-0.4, -0.2) is 43.9 Å². The molecule has 0 bridgehead atoms. The number of ether oxygens (including phenoxy) is 2. The predicted molar refractivity (Wildman–Crippen MR) is 69.9 cm³/mol. The second-order valence-electron chi connectivity index (χ2n) is 4.84. The summed E-state index contributed by atoms with van der Waals surface area (Å²) in [5.41, 5.74) is 0.953. The van der Waals surface area contributed by atoms with Crippen molar-refractivity contribution in [3.8, 4) is 11.5 Å². The van der Waals surface area contributed by atoms with Gasteiger partial charge >= 0.3 is 0 Å². The van der Waals surface area contributed by atoms with Crippen LogP contribution in [0.3, 0.4) is 0 Å². The lowest BCUT2D eigenvalue weighted by Crippen LogP contribution is -2.21. The van der Waals surface area contributed by atoms with E-state index in [1.54, 1.807) is 20.3 Å². The maximum atomic E-state index is 9.92. The molecule has 1 aromatic carbocycles. The van der Waals surface area contributed by atoms with E-state index in [-0.39, 0.29) is 0 Å². The summed E-state index contributed by atoms with van der Waals surface area (Å²) in [5, 5.41) is 9.92. The topological polar surface area (TPSA) is 41.9 Å². The molecule has 1 N–H and O–H groups in total. The molecule has 18 heavy (non-hydrogen) atoms. The lowest BCUT2D eigenvalue weighted by molar-refractivity contribution is 0.152. The Balaban J connectivity index is 1.94. The van der Waals surface area contributed by atoms with Crippen LogP contribution in [0.1, 0.15) is 12.0 Å². The Labute approximate surface area is 108 Å². The van der Waals surface area contributed by atoms with Crippen LogP contribution in [0.15, 0.2) is 18.2 Å². The van der Waals surface area contributed by atoms with E-state index in [4.69, 9.17) is 9.47 Å². The summed E-state index contributed by atoms with van der Waals surface area (Å²) in [4.78, 5) is 2.35. The Morgan fingerprint density at radius 2 is 2.22 bits per heavy atom. The fourth-order valence-electron chi connectivity index (χ4n) is 2.47. The van der Waals surface area contributed by atoms with Crippen molar-refractivity contribution in [3.63, 3.8) is 0 Å². The van der Waals surface area contributed by atoms with E-state index in [1.807, 2.05) is 12.1 Å². The monoisotopic (exact) mass is 251 g/mol. The highest BCUT2D eigenvalue weighted by Crippen LogP contribution is 2.26. The van der Waals surface area contributed by atoms with E-state index in [1.165, 1.54) is 6.42 Å². The van der Waals surface area contributed by atoms with Crippen molar-refractivity contribution in [2.75, 3.05) is 33.9 Å². The smallest absolute Gasteiger partial charge is 0.123 e. The van der Waals surface area contributed by atoms with Crippen molar-refractivity contribution in [1.29, 1.82) is 0 Å². The molecule has 1 unspecified atom stereocenters. The van der Waals surface area contributed by atoms with Gasteiger partial charge in [0.15, 0.2) is 0 Å². The van der Waals surface area contributed by atoms with E-state index in [2.05, 4.69) is 4.90 Å². The average Bonchev–Trinajstić information content (AvgIpc) is 2.80. The summed E-state index contributed by atoms with van der Waals surface area (Å²) in [6.07, 6.45) is 1.17. The average molecular weight is 251 g/mol. The van der Waals surface area contributed by atoms with Crippen LogP contribution in [0.2, 0.25) is 0 Å². The van der Waals surface area contributed by atoms with E-state index < -0.39 is 0 Å². The van der Waals surface area contributed by atoms with Crippen LogP contribution in [0, 0.1) is 5.92 Å². The third kappa shape index (κ3) is 3.15. The molecule has 4 heteroatoms. The highest BCUT2D eigenvalue weighted by molar-refractivity contribution is 5.39. The first-order valence-corrected chi connectivity index (χ1v) is 6.30. The van der Waals surface area contributed by atoms with Gasteiger partial charge in [-0.05, 0) is 24.9 Å². The largest absolute Gasteiger partial charge is 0.507 e. The molecule has 1 fully saturated rings. The quantitative estimate of drug-likeness (QED) is 0.867. The molecule has 4 nitrogen and oxygen atoms in total. The van der Waals surface area contributed by atoms with Crippen LogP contribution in [0.25, 0.3) is 0 Å². The number of hydrogen-bond donors (Lipinski definition) is 1. The van der Waals surface area contributed by atoms with Gasteiger partial charge in [0.1, 0.15) is 11.5 Å². The molecule has 0 aliphatic carbocycles. The molecule has 1 heterocycles. The van der Waals surface area contributed by atoms with E-state index in [0.29, 0.717) is 17.4 Å². The van der Waals surface area contributed by atoms with Crippen molar-refractivity contribution in [2.24, 2.45) is 5.92 Å². The maximum absolute atomic E-state index is 9.92. The highest BCUT2D eigenvalue weighted by Gasteiger charge is 2.22. The third-order valence-electron chi connectivity index (χ3n) is 3.46. The Morgan fingerprint density at radius 3 is 2.89 bits per heavy atom. The van der Waals surface area contributed by atoms with Gasteiger partial charge in [0.2, 0.25) is 0 Å². The van der Waals surface area contributed by atoms with Gasteiger partial charge in [-0.15, -0.1) is 0 Å². The number of hydrogen-bond acceptors (Lipinski definition) is 4. The van der Waals surface area contributed by atoms with Crippen molar-refractivity contribution in [2.45, 2.75) is 13.0 Å². The minimum Gasteiger partial charge on any atom is -0.507 e. The normalized spacial score (nSPS) is 20.2. The molecule has 1 aromatic rings. The van der Waals surface area contributed by atoms with Gasteiger partial charge in [0.25, 0.3) is 0 Å². The van der Waals surface area contributed by atoms with E-state index in [9.17, 15) is 5.11 Å². The molecular formula is C14H21NO3. The lowest BCUT2D eigenvalue weighted by Gasteiger charge is -2.17. The molecule has 1 aliphatic heterocycles. The molecule has 1 atom stereocenters. The number of benzene rings is 1. The summed E-state index contributed by atoms with van der Waals surface area (Å²) >= 11 is 0. The molecule has 2 rings (SSSR count). The van der Waals surface area contributed by atoms with Gasteiger partial charge in [-0.1, -0.05) is 6.07 Å².